The third kappa shape index (κ3) is 4.33. The third-order valence-corrected chi connectivity index (χ3v) is 4.93. The molecule has 0 fully saturated rings. The van der Waals surface area contributed by atoms with Crippen molar-refractivity contribution in [2.45, 2.75) is 39.4 Å². The second-order valence-corrected chi connectivity index (χ2v) is 6.96. The number of pyridine rings is 1. The number of carbonyl (C=O) groups is 1. The normalized spacial score (nSPS) is 11.8. The van der Waals surface area contributed by atoms with Gasteiger partial charge in [0.25, 0.3) is 5.56 Å². The Morgan fingerprint density at radius 1 is 1.21 bits per heavy atom. The van der Waals surface area contributed by atoms with E-state index >= 15 is 0 Å². The van der Waals surface area contributed by atoms with Crippen LogP contribution in [0.15, 0.2) is 29.1 Å². The molecule has 1 aromatic carbocycles. The van der Waals surface area contributed by atoms with Crippen molar-refractivity contribution in [3.8, 4) is 0 Å². The number of fused-ring (bicyclic) bond motifs is 1. The Labute approximate surface area is 164 Å². The molecule has 0 bridgehead atoms. The van der Waals surface area contributed by atoms with Crippen molar-refractivity contribution < 1.29 is 18.0 Å². The number of nitrogens with zero attached hydrogens (tertiary/aromatic N) is 2. The number of hydrogen-bond donors (Lipinski definition) is 2. The number of nitrogens with one attached hydrogen (secondary N) is 2. The molecule has 29 heavy (non-hydrogen) atoms. The lowest BCUT2D eigenvalue weighted by molar-refractivity contribution is -0.137. The van der Waals surface area contributed by atoms with Crippen LogP contribution in [0.1, 0.15) is 34.4 Å². The number of carbonyl (C=O) groups excluding carboxylic acids is 1. The highest BCUT2D eigenvalue weighted by molar-refractivity contribution is 5.83. The van der Waals surface area contributed by atoms with E-state index in [9.17, 15) is 22.8 Å². The van der Waals surface area contributed by atoms with E-state index in [1.807, 2.05) is 13.8 Å². The summed E-state index contributed by atoms with van der Waals surface area (Å²) in [6.45, 7) is 3.81. The number of rotatable bonds is 5. The number of benzene rings is 1. The number of H-pyrrole nitrogens is 1. The second-order valence-electron chi connectivity index (χ2n) is 6.96. The molecule has 0 radical (unpaired) electrons. The van der Waals surface area contributed by atoms with Gasteiger partial charge in [-0.2, -0.15) is 18.3 Å². The summed E-state index contributed by atoms with van der Waals surface area (Å²) in [4.78, 5) is 27.4. The van der Waals surface area contributed by atoms with Crippen LogP contribution in [0.3, 0.4) is 0 Å². The molecule has 0 aliphatic heterocycles. The Bertz CT molecular complexity index is 1110. The summed E-state index contributed by atoms with van der Waals surface area (Å²) in [5.74, 6) is -0.285. The Morgan fingerprint density at radius 3 is 2.48 bits per heavy atom. The van der Waals surface area contributed by atoms with E-state index < -0.39 is 11.7 Å². The lowest BCUT2D eigenvalue weighted by Crippen LogP contribution is -2.25. The van der Waals surface area contributed by atoms with Gasteiger partial charge < -0.3 is 10.3 Å². The van der Waals surface area contributed by atoms with Gasteiger partial charge in [-0.3, -0.25) is 14.3 Å². The Hall–Kier alpha value is -3.10. The van der Waals surface area contributed by atoms with E-state index in [1.54, 1.807) is 11.7 Å². The summed E-state index contributed by atoms with van der Waals surface area (Å²) >= 11 is 0. The first-order valence-electron chi connectivity index (χ1n) is 9.06. The molecule has 2 aromatic heterocycles. The SMILES string of the molecule is Cc1nn(C)c2[nH]c(=O)c(CCC(=O)NCc3ccc(C(F)(F)F)cc3)c(C)c12. The lowest BCUT2D eigenvalue weighted by atomic mass is 10.0. The molecule has 0 atom stereocenters. The molecule has 2 heterocycles. The molecule has 1 amide bonds. The molecule has 0 spiro atoms. The quantitative estimate of drug-likeness (QED) is 0.683. The van der Waals surface area contributed by atoms with Gasteiger partial charge in [-0.15, -0.1) is 0 Å². The van der Waals surface area contributed by atoms with Crippen molar-refractivity contribution in [3.05, 3.63) is 62.6 Å². The molecule has 0 aliphatic rings. The minimum Gasteiger partial charge on any atom is -0.352 e. The Balaban J connectivity index is 1.64. The largest absolute Gasteiger partial charge is 0.416 e. The van der Waals surface area contributed by atoms with Crippen LogP contribution in [-0.4, -0.2) is 20.7 Å². The minimum absolute atomic E-state index is 0.0926. The van der Waals surface area contributed by atoms with Gasteiger partial charge in [-0.05, 0) is 43.5 Å². The first-order chi connectivity index (χ1) is 13.6. The topological polar surface area (TPSA) is 79.8 Å². The molecular weight excluding hydrogens is 385 g/mol. The number of aromatic amines is 1. The van der Waals surface area contributed by atoms with Crippen LogP contribution in [0.5, 0.6) is 0 Å². The first kappa shape index (κ1) is 20.6. The average Bonchev–Trinajstić information content (AvgIpc) is 2.93. The summed E-state index contributed by atoms with van der Waals surface area (Å²) in [7, 11) is 1.75. The highest BCUT2D eigenvalue weighted by Gasteiger charge is 2.29. The van der Waals surface area contributed by atoms with E-state index in [0.29, 0.717) is 16.8 Å². The zero-order chi connectivity index (χ0) is 21.3. The Kier molecular flexibility index (Phi) is 5.50. The maximum atomic E-state index is 12.6. The molecule has 0 unspecified atom stereocenters. The van der Waals surface area contributed by atoms with Gasteiger partial charge >= 0.3 is 6.18 Å². The van der Waals surface area contributed by atoms with Crippen LogP contribution in [-0.2, 0) is 31.0 Å². The predicted molar refractivity (Wildman–Crippen MR) is 102 cm³/mol. The third-order valence-electron chi connectivity index (χ3n) is 4.93. The van der Waals surface area contributed by atoms with Crippen molar-refractivity contribution in [2.75, 3.05) is 0 Å². The van der Waals surface area contributed by atoms with E-state index in [2.05, 4.69) is 15.4 Å². The molecule has 0 aliphatic carbocycles. The van der Waals surface area contributed by atoms with Crippen LogP contribution in [0.25, 0.3) is 11.0 Å². The van der Waals surface area contributed by atoms with Gasteiger partial charge in [0.2, 0.25) is 5.91 Å². The highest BCUT2D eigenvalue weighted by Crippen LogP contribution is 2.29. The fourth-order valence-electron chi connectivity index (χ4n) is 3.39. The van der Waals surface area contributed by atoms with Gasteiger partial charge in [0, 0.05) is 31.0 Å². The molecule has 3 rings (SSSR count). The maximum absolute atomic E-state index is 12.6. The highest BCUT2D eigenvalue weighted by atomic mass is 19.4. The monoisotopic (exact) mass is 406 g/mol. The number of aryl methyl sites for hydroxylation is 3. The van der Waals surface area contributed by atoms with Crippen LogP contribution < -0.4 is 10.9 Å². The van der Waals surface area contributed by atoms with Crippen molar-refractivity contribution in [3.63, 3.8) is 0 Å². The number of amides is 1. The minimum atomic E-state index is -4.39. The lowest BCUT2D eigenvalue weighted by Gasteiger charge is -2.09. The van der Waals surface area contributed by atoms with Gasteiger partial charge in [-0.1, -0.05) is 12.1 Å². The van der Waals surface area contributed by atoms with Gasteiger partial charge in [-0.25, -0.2) is 0 Å². The molecule has 154 valence electrons. The van der Waals surface area contributed by atoms with Crippen molar-refractivity contribution in [2.24, 2.45) is 7.05 Å². The van der Waals surface area contributed by atoms with Gasteiger partial charge in [0.05, 0.1) is 11.3 Å². The Morgan fingerprint density at radius 2 is 1.86 bits per heavy atom. The molecule has 2 N–H and O–H groups in total. The maximum Gasteiger partial charge on any atom is 0.416 e. The van der Waals surface area contributed by atoms with Crippen molar-refractivity contribution in [1.82, 2.24) is 20.1 Å². The van der Waals surface area contributed by atoms with E-state index in [1.165, 1.54) is 12.1 Å². The summed E-state index contributed by atoms with van der Waals surface area (Å²) < 4.78 is 39.4. The van der Waals surface area contributed by atoms with Gasteiger partial charge in [0.1, 0.15) is 5.65 Å². The number of halogens is 3. The van der Waals surface area contributed by atoms with E-state index in [0.717, 1.165) is 28.8 Å². The summed E-state index contributed by atoms with van der Waals surface area (Å²) in [6.07, 6.45) is -4.04. The van der Waals surface area contributed by atoms with Crippen LogP contribution >= 0.6 is 0 Å². The van der Waals surface area contributed by atoms with Crippen LogP contribution in [0, 0.1) is 13.8 Å². The first-order valence-corrected chi connectivity index (χ1v) is 9.06. The zero-order valence-corrected chi connectivity index (χ0v) is 16.3. The molecule has 9 heteroatoms. The molecular formula is C20H21F3N4O2. The van der Waals surface area contributed by atoms with Crippen LogP contribution in [0.4, 0.5) is 13.2 Å². The smallest absolute Gasteiger partial charge is 0.352 e. The molecule has 0 saturated carbocycles. The second kappa shape index (κ2) is 7.73. The summed E-state index contributed by atoms with van der Waals surface area (Å²) in [6, 6.07) is 4.62. The van der Waals surface area contributed by atoms with E-state index in [4.69, 9.17) is 0 Å². The number of hydrogen-bond acceptors (Lipinski definition) is 3. The number of aromatic nitrogens is 3. The van der Waals surface area contributed by atoms with Crippen molar-refractivity contribution >= 4 is 16.9 Å². The molecule has 6 nitrogen and oxygen atoms in total. The fraction of sp³-hybridized carbons (Fsp3) is 0.350. The predicted octanol–water partition coefficient (Wildman–Crippen LogP) is 3.15. The van der Waals surface area contributed by atoms with Crippen molar-refractivity contribution in [1.29, 1.82) is 0 Å². The van der Waals surface area contributed by atoms with Gasteiger partial charge in [0.15, 0.2) is 0 Å². The van der Waals surface area contributed by atoms with E-state index in [-0.39, 0.29) is 30.9 Å². The summed E-state index contributed by atoms with van der Waals surface area (Å²) in [5, 5.41) is 7.85. The molecule has 3 aromatic rings. The standard InChI is InChI=1S/C20H21F3N4O2/c1-11-15(19(29)25-18-17(11)12(2)26-27(18)3)8-9-16(28)24-10-13-4-6-14(7-5-13)20(21,22)23/h4-7H,8-10H2,1-3H3,(H,24,28)(H,25,29). The van der Waals surface area contributed by atoms with Crippen LogP contribution in [0.2, 0.25) is 0 Å². The average molecular weight is 406 g/mol. The fourth-order valence-corrected chi connectivity index (χ4v) is 3.39. The number of alkyl halides is 3. The summed E-state index contributed by atoms with van der Waals surface area (Å²) in [5.41, 5.74) is 2.33. The zero-order valence-electron chi connectivity index (χ0n) is 16.3. The molecule has 0 saturated heterocycles.